The molecule has 0 radical (unpaired) electrons. The number of hydrogen-bond acceptors (Lipinski definition) is 6. The summed E-state index contributed by atoms with van der Waals surface area (Å²) < 4.78 is 1.94. The van der Waals surface area contributed by atoms with Crippen LogP contribution in [0.15, 0.2) is 35.4 Å². The fourth-order valence-corrected chi connectivity index (χ4v) is 5.47. The zero-order valence-electron chi connectivity index (χ0n) is 17.1. The van der Waals surface area contributed by atoms with Gasteiger partial charge in [0.15, 0.2) is 10.8 Å². The SMILES string of the molecule is C[C@H]1CCCN(c2nc3ncn(CC(=O)N4CCCc5ccccc54)c(=O)c3s2)C1. The first-order valence-electron chi connectivity index (χ1n) is 10.6. The van der Waals surface area contributed by atoms with E-state index in [1.54, 1.807) is 4.90 Å². The maximum absolute atomic E-state index is 13.1. The number of benzene rings is 1. The third kappa shape index (κ3) is 3.49. The Kier molecular flexibility index (Phi) is 5.02. The summed E-state index contributed by atoms with van der Waals surface area (Å²) in [4.78, 5) is 39.1. The van der Waals surface area contributed by atoms with Gasteiger partial charge in [0.25, 0.3) is 5.56 Å². The van der Waals surface area contributed by atoms with Crippen molar-refractivity contribution >= 4 is 38.4 Å². The summed E-state index contributed by atoms with van der Waals surface area (Å²) in [7, 11) is 0. The van der Waals surface area contributed by atoms with Crippen molar-refractivity contribution in [3.8, 4) is 0 Å². The monoisotopic (exact) mass is 423 g/mol. The number of piperidine rings is 1. The summed E-state index contributed by atoms with van der Waals surface area (Å²) >= 11 is 1.39. The molecule has 2 aliphatic rings. The van der Waals surface area contributed by atoms with Gasteiger partial charge in [0.2, 0.25) is 5.91 Å². The molecule has 0 N–H and O–H groups in total. The third-order valence-corrected chi connectivity index (χ3v) is 7.11. The molecule has 2 aromatic heterocycles. The van der Waals surface area contributed by atoms with Crippen LogP contribution in [0.3, 0.4) is 0 Å². The van der Waals surface area contributed by atoms with Gasteiger partial charge in [0.1, 0.15) is 17.6 Å². The highest BCUT2D eigenvalue weighted by Gasteiger charge is 2.24. The van der Waals surface area contributed by atoms with Crippen LogP contribution in [0.1, 0.15) is 31.7 Å². The van der Waals surface area contributed by atoms with E-state index >= 15 is 0 Å². The van der Waals surface area contributed by atoms with Crippen LogP contribution in [0.2, 0.25) is 0 Å². The van der Waals surface area contributed by atoms with Gasteiger partial charge in [-0.3, -0.25) is 14.2 Å². The average molecular weight is 424 g/mol. The van der Waals surface area contributed by atoms with Crippen molar-refractivity contribution in [1.82, 2.24) is 14.5 Å². The molecule has 7 nitrogen and oxygen atoms in total. The number of nitrogens with zero attached hydrogens (tertiary/aromatic N) is 5. The summed E-state index contributed by atoms with van der Waals surface area (Å²) in [5, 5.41) is 0.857. The number of para-hydroxylation sites is 1. The molecular weight excluding hydrogens is 398 g/mol. The Balaban J connectivity index is 1.41. The maximum Gasteiger partial charge on any atom is 0.273 e. The van der Waals surface area contributed by atoms with Crippen LogP contribution in [0, 0.1) is 5.92 Å². The van der Waals surface area contributed by atoms with Crippen LogP contribution in [0.25, 0.3) is 10.3 Å². The van der Waals surface area contributed by atoms with Gasteiger partial charge >= 0.3 is 0 Å². The number of aromatic nitrogens is 3. The minimum absolute atomic E-state index is 0.00983. The van der Waals surface area contributed by atoms with E-state index in [2.05, 4.69) is 27.9 Å². The van der Waals surface area contributed by atoms with E-state index in [1.807, 2.05) is 18.2 Å². The Hall–Kier alpha value is -2.74. The number of anilines is 2. The second-order valence-corrected chi connectivity index (χ2v) is 9.28. The van der Waals surface area contributed by atoms with Gasteiger partial charge in [0.05, 0.1) is 0 Å². The molecular formula is C22H25N5O2S. The molecule has 0 unspecified atom stereocenters. The van der Waals surface area contributed by atoms with Crippen molar-refractivity contribution < 1.29 is 4.79 Å². The van der Waals surface area contributed by atoms with Crippen LogP contribution in [0.5, 0.6) is 0 Å². The van der Waals surface area contributed by atoms with Gasteiger partial charge in [-0.05, 0) is 43.2 Å². The summed E-state index contributed by atoms with van der Waals surface area (Å²) in [6.07, 6.45) is 5.74. The topological polar surface area (TPSA) is 71.3 Å². The van der Waals surface area contributed by atoms with E-state index in [0.29, 0.717) is 22.8 Å². The van der Waals surface area contributed by atoms with Gasteiger partial charge in [-0.2, -0.15) is 4.98 Å². The lowest BCUT2D eigenvalue weighted by Gasteiger charge is -2.30. The molecule has 2 aliphatic heterocycles. The Morgan fingerprint density at radius 2 is 2.10 bits per heavy atom. The fraction of sp³-hybridized carbons (Fsp3) is 0.455. The summed E-state index contributed by atoms with van der Waals surface area (Å²) in [5.74, 6) is 0.542. The number of fused-ring (bicyclic) bond motifs is 2. The van der Waals surface area contributed by atoms with E-state index in [-0.39, 0.29) is 18.0 Å². The van der Waals surface area contributed by atoms with Crippen LogP contribution in [-0.2, 0) is 17.8 Å². The van der Waals surface area contributed by atoms with Crippen molar-refractivity contribution in [2.45, 2.75) is 39.2 Å². The van der Waals surface area contributed by atoms with Gasteiger partial charge in [-0.15, -0.1) is 0 Å². The minimum Gasteiger partial charge on any atom is -0.348 e. The predicted octanol–water partition coefficient (Wildman–Crippen LogP) is 3.07. The number of aryl methyl sites for hydroxylation is 1. The molecule has 0 aliphatic carbocycles. The second-order valence-electron chi connectivity index (χ2n) is 8.30. The Labute approximate surface area is 179 Å². The molecule has 0 spiro atoms. The highest BCUT2D eigenvalue weighted by molar-refractivity contribution is 7.22. The van der Waals surface area contributed by atoms with Gasteiger partial charge in [0, 0.05) is 25.3 Å². The molecule has 156 valence electrons. The third-order valence-electron chi connectivity index (χ3n) is 6.02. The second kappa shape index (κ2) is 7.83. The Morgan fingerprint density at radius 3 is 2.97 bits per heavy atom. The summed E-state index contributed by atoms with van der Waals surface area (Å²) in [6, 6.07) is 7.99. The molecule has 4 heterocycles. The van der Waals surface area contributed by atoms with Crippen molar-refractivity contribution in [3.63, 3.8) is 0 Å². The van der Waals surface area contributed by atoms with E-state index < -0.39 is 0 Å². The largest absolute Gasteiger partial charge is 0.348 e. The van der Waals surface area contributed by atoms with E-state index in [1.165, 1.54) is 34.2 Å². The number of rotatable bonds is 3. The smallest absolute Gasteiger partial charge is 0.273 e. The molecule has 1 saturated heterocycles. The van der Waals surface area contributed by atoms with Crippen LogP contribution < -0.4 is 15.4 Å². The highest BCUT2D eigenvalue weighted by Crippen LogP contribution is 2.29. The first-order valence-corrected chi connectivity index (χ1v) is 11.4. The standard InChI is InChI=1S/C22H25N5O2S/c1-15-6-4-10-25(12-15)22-24-20-19(30-22)21(29)26(14-23-20)13-18(28)27-11-5-8-16-7-2-3-9-17(16)27/h2-3,7,9,14-15H,4-6,8,10-13H2,1H3/t15-/m0/s1. The lowest BCUT2D eigenvalue weighted by molar-refractivity contribution is -0.119. The minimum atomic E-state index is -0.188. The van der Waals surface area contributed by atoms with Crippen molar-refractivity contribution in [3.05, 3.63) is 46.5 Å². The van der Waals surface area contributed by atoms with Gasteiger partial charge in [-0.25, -0.2) is 4.98 Å². The van der Waals surface area contributed by atoms with Gasteiger partial charge in [-0.1, -0.05) is 36.5 Å². The lowest BCUT2D eigenvalue weighted by atomic mass is 10.0. The normalized spacial score (nSPS) is 19.2. The predicted molar refractivity (Wildman–Crippen MR) is 119 cm³/mol. The van der Waals surface area contributed by atoms with E-state index in [0.717, 1.165) is 43.2 Å². The molecule has 3 aromatic rings. The average Bonchev–Trinajstić information content (AvgIpc) is 3.20. The summed E-state index contributed by atoms with van der Waals surface area (Å²) in [6.45, 7) is 4.84. The number of amides is 1. The van der Waals surface area contributed by atoms with Crippen molar-refractivity contribution in [2.75, 3.05) is 29.4 Å². The number of carbonyl (C=O) groups excluding carboxylic acids is 1. The number of carbonyl (C=O) groups is 1. The number of hydrogen-bond donors (Lipinski definition) is 0. The first kappa shape index (κ1) is 19.2. The molecule has 0 bridgehead atoms. The Bertz CT molecular complexity index is 1150. The van der Waals surface area contributed by atoms with Crippen LogP contribution in [0.4, 0.5) is 10.8 Å². The van der Waals surface area contributed by atoms with Gasteiger partial charge < -0.3 is 9.80 Å². The molecule has 1 atom stereocenters. The molecule has 1 amide bonds. The number of thiazole rings is 1. The molecule has 5 rings (SSSR count). The van der Waals surface area contributed by atoms with Crippen molar-refractivity contribution in [1.29, 1.82) is 0 Å². The zero-order chi connectivity index (χ0) is 20.7. The van der Waals surface area contributed by atoms with Crippen LogP contribution >= 0.6 is 11.3 Å². The Morgan fingerprint density at radius 1 is 1.23 bits per heavy atom. The lowest BCUT2D eigenvalue weighted by Crippen LogP contribution is -2.39. The fourth-order valence-electron chi connectivity index (χ4n) is 4.47. The van der Waals surface area contributed by atoms with Crippen molar-refractivity contribution in [2.24, 2.45) is 5.92 Å². The van der Waals surface area contributed by atoms with Crippen LogP contribution in [-0.4, -0.2) is 40.1 Å². The molecule has 1 fully saturated rings. The maximum atomic E-state index is 13.1. The molecule has 30 heavy (non-hydrogen) atoms. The summed E-state index contributed by atoms with van der Waals surface area (Å²) in [5.41, 5.74) is 2.42. The van der Waals surface area contributed by atoms with E-state index in [9.17, 15) is 9.59 Å². The van der Waals surface area contributed by atoms with E-state index in [4.69, 9.17) is 0 Å². The zero-order valence-corrected chi connectivity index (χ0v) is 17.9. The molecule has 0 saturated carbocycles. The molecule has 1 aromatic carbocycles. The highest BCUT2D eigenvalue weighted by atomic mass is 32.1. The molecule has 8 heteroatoms. The first-order chi connectivity index (χ1) is 14.6. The quantitative estimate of drug-likeness (QED) is 0.647.